The summed E-state index contributed by atoms with van der Waals surface area (Å²) < 4.78 is 131. The second-order valence-electron chi connectivity index (χ2n) is 13.4. The summed E-state index contributed by atoms with van der Waals surface area (Å²) in [5.41, 5.74) is 3.76. The van der Waals surface area contributed by atoms with Crippen LogP contribution in [0, 0.1) is 0 Å². The van der Waals surface area contributed by atoms with E-state index >= 15 is 0 Å². The zero-order valence-electron chi connectivity index (χ0n) is 43.6. The number of nitrogens with zero attached hydrogens (tertiary/aromatic N) is 2. The lowest BCUT2D eigenvalue weighted by molar-refractivity contribution is 0.661. The highest BCUT2D eigenvalue weighted by Crippen LogP contribution is 2.54. The molecule has 0 atom stereocenters. The minimum absolute atomic E-state index is 0.109. The van der Waals surface area contributed by atoms with Gasteiger partial charge in [0.25, 0.3) is 0 Å². The van der Waals surface area contributed by atoms with E-state index in [1.165, 1.54) is 5.56 Å². The van der Waals surface area contributed by atoms with Crippen LogP contribution < -0.4 is 0 Å². The topological polar surface area (TPSA) is 25.8 Å². The molecule has 0 saturated heterocycles. The Labute approximate surface area is 331 Å². The fourth-order valence-corrected chi connectivity index (χ4v) is 7.49. The highest BCUT2D eigenvalue weighted by Gasteiger charge is 2.37. The Morgan fingerprint density at radius 2 is 1.04 bits per heavy atom. The maximum Gasteiger partial charge on any atom is 0.160 e. The molecule has 0 unspecified atom stereocenters. The standard InChI is InChI=1S/C51H36N2/c1-51(2)45-23-13-22-43(49(45)44-30-37-18-9-10-19-38(37)31-46(44)51)41-28-29-42(40-21-12-11-20-39(40)41)48-32-47(52-50(53-48)36-16-7-4-8-17-36)35-26-24-34(25-27-35)33-14-5-3-6-15-33/h3-32H,1-2H3/i3D,4D,5D,6D,7D,8D,14D,15D,16D,17D,24D,25D,26D,27D,32D. The van der Waals surface area contributed by atoms with E-state index in [-0.39, 0.29) is 11.1 Å². The van der Waals surface area contributed by atoms with E-state index in [1.54, 1.807) is 6.07 Å². The molecule has 1 heterocycles. The average Bonchev–Trinajstić information content (AvgIpc) is 3.56. The second-order valence-corrected chi connectivity index (χ2v) is 13.4. The van der Waals surface area contributed by atoms with E-state index in [4.69, 9.17) is 21.4 Å². The zero-order chi connectivity index (χ0) is 48.6. The summed E-state index contributed by atoms with van der Waals surface area (Å²) in [4.78, 5) is 9.27. The van der Waals surface area contributed by atoms with Crippen molar-refractivity contribution in [3.8, 4) is 67.3 Å². The maximum atomic E-state index is 9.75. The van der Waals surface area contributed by atoms with E-state index in [2.05, 4.69) is 55.2 Å². The molecule has 1 aliphatic carbocycles. The van der Waals surface area contributed by atoms with Crippen LogP contribution >= 0.6 is 0 Å². The van der Waals surface area contributed by atoms with Crippen molar-refractivity contribution >= 4 is 21.5 Å². The molecular formula is C51H36N2. The smallest absolute Gasteiger partial charge is 0.160 e. The quantitative estimate of drug-likeness (QED) is 0.180. The van der Waals surface area contributed by atoms with Crippen LogP contribution in [-0.2, 0) is 5.41 Å². The summed E-state index contributed by atoms with van der Waals surface area (Å²) in [5, 5.41) is 3.62. The molecule has 8 aromatic carbocycles. The van der Waals surface area contributed by atoms with Gasteiger partial charge in [-0.1, -0.05) is 177 Å². The summed E-state index contributed by atoms with van der Waals surface area (Å²) >= 11 is 0. The summed E-state index contributed by atoms with van der Waals surface area (Å²) in [6.45, 7) is 4.43. The Balaban J connectivity index is 1.25. The molecule has 0 fully saturated rings. The van der Waals surface area contributed by atoms with Crippen molar-refractivity contribution in [2.45, 2.75) is 19.3 Å². The van der Waals surface area contributed by atoms with Gasteiger partial charge in [0, 0.05) is 22.1 Å². The van der Waals surface area contributed by atoms with Crippen molar-refractivity contribution in [3.05, 3.63) is 193 Å². The van der Waals surface area contributed by atoms with Gasteiger partial charge >= 0.3 is 0 Å². The predicted molar refractivity (Wildman–Crippen MR) is 222 cm³/mol. The molecule has 0 N–H and O–H groups in total. The molecule has 53 heavy (non-hydrogen) atoms. The number of hydrogen-bond acceptors (Lipinski definition) is 2. The predicted octanol–water partition coefficient (Wildman–Crippen LogP) is 13.4. The SMILES string of the molecule is [2H]c1c(-c2c([2H])c([2H])c(-c3c([2H])c([2H])c([2H])c([2H])c3[2H])c([2H])c2[2H])nc(-c2c([2H])c([2H])c([2H])c([2H])c2[2H])nc1-c1ccc(-c2cccc3c2-c2cc4ccccc4cc2C3(C)C)c2ccccc12. The molecule has 0 saturated carbocycles. The van der Waals surface area contributed by atoms with Crippen LogP contribution in [-0.4, -0.2) is 9.97 Å². The van der Waals surface area contributed by atoms with Crippen LogP contribution in [0.15, 0.2) is 182 Å². The van der Waals surface area contributed by atoms with Crippen molar-refractivity contribution in [1.29, 1.82) is 0 Å². The maximum absolute atomic E-state index is 9.75. The Bertz CT molecular complexity index is 3650. The molecule has 0 aliphatic heterocycles. The van der Waals surface area contributed by atoms with Gasteiger partial charge in [-0.25, -0.2) is 9.97 Å². The molecule has 2 nitrogen and oxygen atoms in total. The van der Waals surface area contributed by atoms with Crippen molar-refractivity contribution < 1.29 is 20.6 Å². The first-order valence-corrected chi connectivity index (χ1v) is 17.1. The highest BCUT2D eigenvalue weighted by atomic mass is 14.9. The highest BCUT2D eigenvalue weighted by molar-refractivity contribution is 6.08. The molecule has 250 valence electrons. The van der Waals surface area contributed by atoms with Crippen LogP contribution in [0.25, 0.3) is 88.8 Å². The van der Waals surface area contributed by atoms with Gasteiger partial charge in [0.1, 0.15) is 0 Å². The molecule has 1 aromatic heterocycles. The van der Waals surface area contributed by atoms with Gasteiger partial charge in [-0.15, -0.1) is 0 Å². The third-order valence-corrected chi connectivity index (χ3v) is 10.0. The normalized spacial score (nSPS) is 16.8. The van der Waals surface area contributed by atoms with Crippen LogP contribution in [0.4, 0.5) is 0 Å². The second kappa shape index (κ2) is 12.3. The molecule has 10 rings (SSSR count). The van der Waals surface area contributed by atoms with Gasteiger partial charge < -0.3 is 0 Å². The van der Waals surface area contributed by atoms with Crippen LogP contribution in [0.5, 0.6) is 0 Å². The first kappa shape index (κ1) is 19.3. The number of rotatable bonds is 5. The Kier molecular flexibility index (Phi) is 4.45. The van der Waals surface area contributed by atoms with E-state index in [0.717, 1.165) is 44.0 Å². The molecule has 1 aliphatic rings. The first-order valence-electron chi connectivity index (χ1n) is 24.6. The van der Waals surface area contributed by atoms with Crippen molar-refractivity contribution in [2.24, 2.45) is 0 Å². The Morgan fingerprint density at radius 3 is 1.77 bits per heavy atom. The van der Waals surface area contributed by atoms with Crippen molar-refractivity contribution in [1.82, 2.24) is 9.97 Å². The molecule has 0 radical (unpaired) electrons. The minimum atomic E-state index is -0.786. The minimum Gasteiger partial charge on any atom is -0.228 e. The van der Waals surface area contributed by atoms with Crippen molar-refractivity contribution in [3.63, 3.8) is 0 Å². The van der Waals surface area contributed by atoms with E-state index in [0.29, 0.717) is 10.9 Å². The van der Waals surface area contributed by atoms with E-state index in [1.807, 2.05) is 48.5 Å². The van der Waals surface area contributed by atoms with Crippen molar-refractivity contribution in [2.75, 3.05) is 0 Å². The largest absolute Gasteiger partial charge is 0.228 e. The third kappa shape index (κ3) is 5.18. The summed E-state index contributed by atoms with van der Waals surface area (Å²) in [6.07, 6.45) is 0. The Morgan fingerprint density at radius 1 is 0.453 bits per heavy atom. The zero-order valence-corrected chi connectivity index (χ0v) is 28.6. The Hall–Kier alpha value is -6.64. The first-order chi connectivity index (χ1) is 32.3. The number of aromatic nitrogens is 2. The lowest BCUT2D eigenvalue weighted by Crippen LogP contribution is -2.14. The fourth-order valence-electron chi connectivity index (χ4n) is 7.49. The molecule has 0 amide bonds. The molecular weight excluding hydrogens is 641 g/mol. The van der Waals surface area contributed by atoms with Crippen LogP contribution in [0.2, 0.25) is 0 Å². The molecule has 9 aromatic rings. The number of fused-ring (bicyclic) bond motifs is 5. The van der Waals surface area contributed by atoms with Gasteiger partial charge in [0.2, 0.25) is 0 Å². The number of benzene rings is 8. The molecule has 0 spiro atoms. The van der Waals surface area contributed by atoms with Crippen LogP contribution in [0.3, 0.4) is 0 Å². The van der Waals surface area contributed by atoms with Crippen LogP contribution in [0.1, 0.15) is 45.5 Å². The van der Waals surface area contributed by atoms with Gasteiger partial charge in [-0.2, -0.15) is 0 Å². The van der Waals surface area contributed by atoms with Gasteiger partial charge in [0.15, 0.2) is 5.82 Å². The summed E-state index contributed by atoms with van der Waals surface area (Å²) in [7, 11) is 0. The molecule has 2 heteroatoms. The lowest BCUT2D eigenvalue weighted by atomic mass is 9.81. The van der Waals surface area contributed by atoms with Gasteiger partial charge in [0.05, 0.1) is 31.9 Å². The lowest BCUT2D eigenvalue weighted by Gasteiger charge is -2.22. The summed E-state index contributed by atoms with van der Waals surface area (Å²) in [5.74, 6) is -0.449. The average molecular weight is 692 g/mol. The third-order valence-electron chi connectivity index (χ3n) is 10.0. The number of hydrogen-bond donors (Lipinski definition) is 0. The fraction of sp³-hybridized carbons (Fsp3) is 0.0588. The molecule has 0 bridgehead atoms. The summed E-state index contributed by atoms with van der Waals surface area (Å²) in [6, 6.07) is 19.6. The van der Waals surface area contributed by atoms with E-state index < -0.39 is 124 Å². The van der Waals surface area contributed by atoms with Gasteiger partial charge in [-0.3, -0.25) is 0 Å². The monoisotopic (exact) mass is 691 g/mol. The van der Waals surface area contributed by atoms with E-state index in [9.17, 15) is 4.11 Å². The van der Waals surface area contributed by atoms with Gasteiger partial charge in [-0.05, 0) is 84.2 Å².